The summed E-state index contributed by atoms with van der Waals surface area (Å²) in [6.45, 7) is 5.30. The first-order valence-corrected chi connectivity index (χ1v) is 13.5. The number of ether oxygens (including phenoxy) is 1. The summed E-state index contributed by atoms with van der Waals surface area (Å²) < 4.78 is 59.1. The van der Waals surface area contributed by atoms with Crippen molar-refractivity contribution in [3.8, 4) is 0 Å². The second kappa shape index (κ2) is 11.2. The zero-order chi connectivity index (χ0) is 27.7. The molecule has 2 fully saturated rings. The van der Waals surface area contributed by atoms with Crippen LogP contribution in [-0.4, -0.2) is 67.0 Å². The summed E-state index contributed by atoms with van der Waals surface area (Å²) in [6, 6.07) is 9.96. The molecule has 0 aliphatic carbocycles. The summed E-state index contributed by atoms with van der Waals surface area (Å²) in [6.07, 6.45) is -3.22. The number of carbonyl (C=O) groups excluding carboxylic acids is 2. The number of hydrogen-bond acceptors (Lipinski definition) is 5. The molecule has 5 rings (SSSR count). The molecule has 3 aliphatic rings. The number of benzene rings is 2. The Kier molecular flexibility index (Phi) is 7.84. The van der Waals surface area contributed by atoms with E-state index in [9.17, 15) is 27.2 Å². The quantitative estimate of drug-likeness (QED) is 0.408. The highest BCUT2D eigenvalue weighted by atomic mass is 19.4. The van der Waals surface area contributed by atoms with Gasteiger partial charge in [0, 0.05) is 45.0 Å². The number of nitrogens with zero attached hydrogens (tertiary/aromatic N) is 3. The Bertz CT molecular complexity index is 1200. The van der Waals surface area contributed by atoms with E-state index >= 15 is 0 Å². The van der Waals surface area contributed by atoms with Crippen molar-refractivity contribution >= 4 is 17.6 Å². The molecule has 2 aromatic carbocycles. The van der Waals surface area contributed by atoms with Gasteiger partial charge in [-0.2, -0.15) is 13.2 Å². The highest BCUT2D eigenvalue weighted by Crippen LogP contribution is 2.40. The molecule has 39 heavy (non-hydrogen) atoms. The van der Waals surface area contributed by atoms with Crippen molar-refractivity contribution in [3.05, 3.63) is 65.0 Å². The minimum absolute atomic E-state index is 0.0843. The van der Waals surface area contributed by atoms with E-state index < -0.39 is 17.7 Å². The smallest absolute Gasteiger partial charge is 0.416 e. The van der Waals surface area contributed by atoms with Crippen LogP contribution in [0, 0.1) is 17.7 Å². The Morgan fingerprint density at radius 2 is 1.72 bits per heavy atom. The fourth-order valence-corrected chi connectivity index (χ4v) is 6.17. The van der Waals surface area contributed by atoms with E-state index in [2.05, 4.69) is 9.80 Å². The largest absolute Gasteiger partial charge is 0.466 e. The maximum atomic E-state index is 13.9. The van der Waals surface area contributed by atoms with Gasteiger partial charge in [-0.3, -0.25) is 14.5 Å². The van der Waals surface area contributed by atoms with Gasteiger partial charge in [-0.05, 0) is 67.6 Å². The Morgan fingerprint density at radius 1 is 1.00 bits per heavy atom. The number of esters is 1. The minimum atomic E-state index is -4.46. The molecule has 0 spiro atoms. The Balaban J connectivity index is 1.38. The number of rotatable bonds is 5. The van der Waals surface area contributed by atoms with Gasteiger partial charge in [-0.1, -0.05) is 12.1 Å². The normalized spacial score (nSPS) is 22.3. The van der Waals surface area contributed by atoms with Gasteiger partial charge >= 0.3 is 12.1 Å². The summed E-state index contributed by atoms with van der Waals surface area (Å²) in [5.74, 6) is -1.39. The average molecular weight is 548 g/mol. The first-order chi connectivity index (χ1) is 18.6. The summed E-state index contributed by atoms with van der Waals surface area (Å²) in [4.78, 5) is 32.1. The van der Waals surface area contributed by atoms with Gasteiger partial charge in [0.05, 0.1) is 30.0 Å². The van der Waals surface area contributed by atoms with E-state index in [0.29, 0.717) is 64.3 Å². The molecule has 0 bridgehead atoms. The maximum absolute atomic E-state index is 13.9. The lowest BCUT2D eigenvalue weighted by Crippen LogP contribution is -2.61. The molecule has 0 saturated carbocycles. The lowest BCUT2D eigenvalue weighted by molar-refractivity contribution is -0.152. The fraction of sp³-hybridized carbons (Fsp3) is 0.517. The number of likely N-dealkylation sites (tertiary alicyclic amines) is 1. The molecule has 3 heterocycles. The van der Waals surface area contributed by atoms with Gasteiger partial charge in [0.2, 0.25) is 5.91 Å². The summed E-state index contributed by atoms with van der Waals surface area (Å²) >= 11 is 0. The molecule has 2 unspecified atom stereocenters. The number of amides is 1. The zero-order valence-electron chi connectivity index (χ0n) is 21.9. The number of alkyl halides is 3. The van der Waals surface area contributed by atoms with E-state index in [4.69, 9.17) is 4.74 Å². The molecule has 2 aromatic rings. The highest BCUT2D eigenvalue weighted by Gasteiger charge is 2.44. The number of carbonyl (C=O) groups is 2. The van der Waals surface area contributed by atoms with E-state index in [0.717, 1.165) is 17.3 Å². The molecule has 1 amide bonds. The Morgan fingerprint density at radius 3 is 2.38 bits per heavy atom. The SMILES string of the molecule is CCOC(=O)C1CCN(C(=O)C2Cc3cc(C(F)(F)F)ccc3N3CCN(Cc4ccc(F)cc4)CC23)CC1. The first kappa shape index (κ1) is 27.4. The van der Waals surface area contributed by atoms with Gasteiger partial charge in [-0.15, -0.1) is 0 Å². The van der Waals surface area contributed by atoms with Crippen molar-refractivity contribution in [3.63, 3.8) is 0 Å². The van der Waals surface area contributed by atoms with Crippen molar-refractivity contribution < 1.29 is 31.9 Å². The first-order valence-electron chi connectivity index (χ1n) is 13.5. The van der Waals surface area contributed by atoms with Gasteiger partial charge < -0.3 is 14.5 Å². The fourth-order valence-electron chi connectivity index (χ4n) is 6.17. The van der Waals surface area contributed by atoms with Crippen molar-refractivity contribution in [1.29, 1.82) is 0 Å². The maximum Gasteiger partial charge on any atom is 0.416 e. The third-order valence-corrected chi connectivity index (χ3v) is 8.19. The van der Waals surface area contributed by atoms with Gasteiger partial charge in [0.15, 0.2) is 0 Å². The number of hydrogen-bond donors (Lipinski definition) is 0. The van der Waals surface area contributed by atoms with Crippen LogP contribution in [-0.2, 0) is 33.5 Å². The zero-order valence-corrected chi connectivity index (χ0v) is 21.9. The summed E-state index contributed by atoms with van der Waals surface area (Å²) in [5.41, 5.74) is 1.53. The molecule has 0 radical (unpaired) electrons. The van der Waals surface area contributed by atoms with Gasteiger partial charge in [-0.25, -0.2) is 4.39 Å². The van der Waals surface area contributed by atoms with E-state index in [1.54, 1.807) is 24.0 Å². The lowest BCUT2D eigenvalue weighted by atomic mass is 9.81. The number of fused-ring (bicyclic) bond motifs is 3. The third kappa shape index (κ3) is 5.90. The predicted molar refractivity (Wildman–Crippen MR) is 137 cm³/mol. The molecule has 10 heteroatoms. The third-order valence-electron chi connectivity index (χ3n) is 8.19. The number of anilines is 1. The number of halogens is 4. The van der Waals surface area contributed by atoms with Crippen LogP contribution < -0.4 is 4.90 Å². The van der Waals surface area contributed by atoms with Gasteiger partial charge in [0.1, 0.15) is 5.82 Å². The van der Waals surface area contributed by atoms with Crippen LogP contribution in [0.1, 0.15) is 36.5 Å². The van der Waals surface area contributed by atoms with Crippen LogP contribution in [0.2, 0.25) is 0 Å². The van der Waals surface area contributed by atoms with Crippen LogP contribution in [0.25, 0.3) is 0 Å². The van der Waals surface area contributed by atoms with Crippen LogP contribution >= 0.6 is 0 Å². The van der Waals surface area contributed by atoms with E-state index in [1.165, 1.54) is 24.3 Å². The van der Waals surface area contributed by atoms with Crippen molar-refractivity contribution in [1.82, 2.24) is 9.80 Å². The molecule has 0 N–H and O–H groups in total. The second-order valence-electron chi connectivity index (χ2n) is 10.6. The highest BCUT2D eigenvalue weighted by molar-refractivity contribution is 5.83. The lowest BCUT2D eigenvalue weighted by Gasteiger charge is -2.50. The second-order valence-corrected chi connectivity index (χ2v) is 10.6. The van der Waals surface area contributed by atoms with Crippen LogP contribution in [0.15, 0.2) is 42.5 Å². The van der Waals surface area contributed by atoms with Crippen molar-refractivity contribution in [2.75, 3.05) is 44.2 Å². The number of piperazine rings is 1. The monoisotopic (exact) mass is 547 g/mol. The van der Waals surface area contributed by atoms with Crippen LogP contribution in [0.5, 0.6) is 0 Å². The molecule has 210 valence electrons. The van der Waals surface area contributed by atoms with Crippen LogP contribution in [0.3, 0.4) is 0 Å². The van der Waals surface area contributed by atoms with E-state index in [1.807, 2.05) is 0 Å². The minimum Gasteiger partial charge on any atom is -0.466 e. The average Bonchev–Trinajstić information content (AvgIpc) is 2.93. The predicted octanol–water partition coefficient (Wildman–Crippen LogP) is 4.51. The molecule has 2 atom stereocenters. The Hall–Kier alpha value is -3.14. The van der Waals surface area contributed by atoms with Gasteiger partial charge in [0.25, 0.3) is 0 Å². The molecule has 6 nitrogen and oxygen atoms in total. The standard InChI is InChI=1S/C29H33F4N3O3/c1-2-39-28(38)20-9-11-35(12-10-20)27(37)24-16-21-15-22(29(31,32)33)5-8-25(21)36-14-13-34(18-26(24)36)17-19-3-6-23(30)7-4-19/h3-8,15,20,24,26H,2,9-14,16-18H2,1H3. The molecule has 3 aliphatic heterocycles. The van der Waals surface area contributed by atoms with Crippen molar-refractivity contribution in [2.45, 2.75) is 44.9 Å². The summed E-state index contributed by atoms with van der Waals surface area (Å²) in [7, 11) is 0. The Labute approximate surface area is 225 Å². The summed E-state index contributed by atoms with van der Waals surface area (Å²) in [5, 5.41) is 0. The molecular formula is C29H33F4N3O3. The van der Waals surface area contributed by atoms with E-state index in [-0.39, 0.29) is 36.1 Å². The number of piperidine rings is 1. The van der Waals surface area contributed by atoms with Crippen molar-refractivity contribution in [2.24, 2.45) is 11.8 Å². The molecule has 0 aromatic heterocycles. The molecule has 2 saturated heterocycles. The van der Waals surface area contributed by atoms with Crippen LogP contribution in [0.4, 0.5) is 23.2 Å². The molecular weight excluding hydrogens is 514 g/mol. The topological polar surface area (TPSA) is 53.1 Å².